The van der Waals surface area contributed by atoms with Crippen LogP contribution in [0.15, 0.2) is 36.5 Å². The first-order valence-electron chi connectivity index (χ1n) is 10.8. The number of carbonyl (C=O) groups is 2. The number of hydrogen-bond donors (Lipinski definition) is 2. The van der Waals surface area contributed by atoms with Crippen molar-refractivity contribution in [2.75, 3.05) is 12.4 Å². The van der Waals surface area contributed by atoms with Crippen molar-refractivity contribution in [2.45, 2.75) is 51.2 Å². The van der Waals surface area contributed by atoms with Crippen molar-refractivity contribution < 1.29 is 19.4 Å². The number of aldehydes is 1. The molecular weight excluding hydrogens is 408 g/mol. The Kier molecular flexibility index (Phi) is 5.97. The highest BCUT2D eigenvalue weighted by molar-refractivity contribution is 6.05. The van der Waals surface area contributed by atoms with Crippen molar-refractivity contribution >= 4 is 28.8 Å². The van der Waals surface area contributed by atoms with Gasteiger partial charge in [-0.3, -0.25) is 9.48 Å². The normalized spacial score (nSPS) is 19.0. The summed E-state index contributed by atoms with van der Waals surface area (Å²) in [5.41, 5.74) is 0.767. The molecule has 3 aromatic rings. The number of aromatic nitrogens is 3. The van der Waals surface area contributed by atoms with E-state index in [1.165, 1.54) is 0 Å². The van der Waals surface area contributed by atoms with E-state index in [2.05, 4.69) is 10.3 Å². The predicted octanol–water partition coefficient (Wildman–Crippen LogP) is 3.85. The maximum atomic E-state index is 12.8. The summed E-state index contributed by atoms with van der Waals surface area (Å²) >= 11 is 0. The van der Waals surface area contributed by atoms with E-state index in [0.29, 0.717) is 17.1 Å². The summed E-state index contributed by atoms with van der Waals surface area (Å²) in [7, 11) is 1.54. The molecule has 8 nitrogen and oxygen atoms in total. The highest BCUT2D eigenvalue weighted by atomic mass is 16.5. The van der Waals surface area contributed by atoms with Crippen molar-refractivity contribution in [3.05, 3.63) is 47.9 Å². The SMILES string of the molecule is COc1cc2nn(C3CCC(C=O)CC3)cc2cc1NC(=O)c1cccc(C(C)(C)O)n1. The molecule has 2 aromatic heterocycles. The van der Waals surface area contributed by atoms with Gasteiger partial charge in [0, 0.05) is 23.6 Å². The van der Waals surface area contributed by atoms with E-state index >= 15 is 0 Å². The molecule has 0 atom stereocenters. The summed E-state index contributed by atoms with van der Waals surface area (Å²) in [4.78, 5) is 28.2. The molecule has 8 heteroatoms. The highest BCUT2D eigenvalue weighted by Crippen LogP contribution is 2.34. The third kappa shape index (κ3) is 4.50. The zero-order valence-corrected chi connectivity index (χ0v) is 18.5. The number of anilines is 1. The number of nitrogens with one attached hydrogen (secondary N) is 1. The first-order valence-corrected chi connectivity index (χ1v) is 10.8. The zero-order valence-electron chi connectivity index (χ0n) is 18.5. The zero-order chi connectivity index (χ0) is 22.9. The fourth-order valence-corrected chi connectivity index (χ4v) is 4.12. The molecule has 1 saturated carbocycles. The standard InChI is InChI=1S/C24H28N4O4/c1-24(2,31)22-6-4-5-18(25-22)23(30)26-20-11-16-13-28(27-19(16)12-21(20)32-3)17-9-7-15(14-29)8-10-17/h4-6,11-15,17,31H,7-10H2,1-3H3,(H,26,30). The number of hydrogen-bond acceptors (Lipinski definition) is 6. The number of methoxy groups -OCH3 is 1. The van der Waals surface area contributed by atoms with Gasteiger partial charge in [-0.25, -0.2) is 4.98 Å². The summed E-state index contributed by atoms with van der Waals surface area (Å²) in [6.45, 7) is 3.24. The molecule has 2 heterocycles. The highest BCUT2D eigenvalue weighted by Gasteiger charge is 2.24. The Hall–Kier alpha value is -3.26. The molecule has 1 aliphatic carbocycles. The van der Waals surface area contributed by atoms with Crippen LogP contribution in [0.2, 0.25) is 0 Å². The lowest BCUT2D eigenvalue weighted by atomic mass is 9.87. The van der Waals surface area contributed by atoms with Crippen LogP contribution in [0.3, 0.4) is 0 Å². The molecule has 0 saturated heterocycles. The summed E-state index contributed by atoms with van der Waals surface area (Å²) in [6.07, 6.45) is 6.63. The number of aliphatic hydroxyl groups is 1. The van der Waals surface area contributed by atoms with Gasteiger partial charge in [-0.2, -0.15) is 5.10 Å². The molecule has 1 aromatic carbocycles. The number of benzene rings is 1. The van der Waals surface area contributed by atoms with Crippen molar-refractivity contribution in [1.29, 1.82) is 0 Å². The Balaban J connectivity index is 1.59. The van der Waals surface area contributed by atoms with Gasteiger partial charge in [0.15, 0.2) is 0 Å². The number of nitrogens with zero attached hydrogens (tertiary/aromatic N) is 3. The van der Waals surface area contributed by atoms with Crippen LogP contribution in [-0.4, -0.2) is 39.2 Å². The molecule has 0 radical (unpaired) electrons. The maximum absolute atomic E-state index is 12.8. The fourth-order valence-electron chi connectivity index (χ4n) is 4.12. The lowest BCUT2D eigenvalue weighted by Gasteiger charge is -2.25. The number of rotatable bonds is 6. The Morgan fingerprint density at radius 2 is 2.00 bits per heavy atom. The van der Waals surface area contributed by atoms with Crippen LogP contribution < -0.4 is 10.1 Å². The van der Waals surface area contributed by atoms with Crippen molar-refractivity contribution in [1.82, 2.24) is 14.8 Å². The lowest BCUT2D eigenvalue weighted by Crippen LogP contribution is -2.21. The van der Waals surface area contributed by atoms with Gasteiger partial charge in [0.25, 0.3) is 5.91 Å². The summed E-state index contributed by atoms with van der Waals surface area (Å²) < 4.78 is 7.45. The largest absolute Gasteiger partial charge is 0.494 e. The fraction of sp³-hybridized carbons (Fsp3) is 0.417. The van der Waals surface area contributed by atoms with Crippen LogP contribution in [0.1, 0.15) is 61.8 Å². The number of pyridine rings is 1. The molecule has 4 rings (SSSR count). The molecular formula is C24H28N4O4. The molecule has 32 heavy (non-hydrogen) atoms. The minimum atomic E-state index is -1.15. The monoisotopic (exact) mass is 436 g/mol. The van der Waals surface area contributed by atoms with E-state index in [1.807, 2.05) is 16.9 Å². The number of ether oxygens (including phenoxy) is 1. The van der Waals surface area contributed by atoms with E-state index in [9.17, 15) is 14.7 Å². The third-order valence-electron chi connectivity index (χ3n) is 6.01. The Morgan fingerprint density at radius 3 is 2.66 bits per heavy atom. The average Bonchev–Trinajstić information content (AvgIpc) is 3.21. The third-order valence-corrected chi connectivity index (χ3v) is 6.01. The van der Waals surface area contributed by atoms with Gasteiger partial charge in [0.05, 0.1) is 30.0 Å². The quantitative estimate of drug-likeness (QED) is 0.569. The smallest absolute Gasteiger partial charge is 0.274 e. The van der Waals surface area contributed by atoms with E-state index in [-0.39, 0.29) is 17.7 Å². The summed E-state index contributed by atoms with van der Waals surface area (Å²) in [5, 5.41) is 18.6. The van der Waals surface area contributed by atoms with E-state index in [1.54, 1.807) is 45.2 Å². The van der Waals surface area contributed by atoms with E-state index < -0.39 is 11.5 Å². The molecule has 0 spiro atoms. The summed E-state index contributed by atoms with van der Waals surface area (Å²) in [6, 6.07) is 8.88. The number of fused-ring (bicyclic) bond motifs is 1. The van der Waals surface area contributed by atoms with E-state index in [4.69, 9.17) is 9.84 Å². The minimum absolute atomic E-state index is 0.154. The van der Waals surface area contributed by atoms with Crippen LogP contribution in [0.4, 0.5) is 5.69 Å². The van der Waals surface area contributed by atoms with Gasteiger partial charge in [-0.1, -0.05) is 6.07 Å². The lowest BCUT2D eigenvalue weighted by molar-refractivity contribution is -0.112. The number of carbonyl (C=O) groups excluding carboxylic acids is 2. The van der Waals surface area contributed by atoms with Gasteiger partial charge < -0.3 is 20.0 Å². The molecule has 1 amide bonds. The van der Waals surface area contributed by atoms with Crippen molar-refractivity contribution in [2.24, 2.45) is 5.92 Å². The minimum Gasteiger partial charge on any atom is -0.494 e. The van der Waals surface area contributed by atoms with Crippen LogP contribution >= 0.6 is 0 Å². The molecule has 168 valence electrons. The maximum Gasteiger partial charge on any atom is 0.274 e. The number of amides is 1. The second-order valence-corrected chi connectivity index (χ2v) is 8.85. The first-order chi connectivity index (χ1) is 15.3. The van der Waals surface area contributed by atoms with Crippen molar-refractivity contribution in [3.8, 4) is 5.75 Å². The summed E-state index contributed by atoms with van der Waals surface area (Å²) in [5.74, 6) is 0.259. The molecule has 0 unspecified atom stereocenters. The molecule has 0 aliphatic heterocycles. The second kappa shape index (κ2) is 8.70. The van der Waals surface area contributed by atoms with Gasteiger partial charge in [0.1, 0.15) is 23.3 Å². The Labute approximate surface area is 186 Å². The second-order valence-electron chi connectivity index (χ2n) is 8.85. The first kappa shape index (κ1) is 22.0. The van der Waals surface area contributed by atoms with Crippen LogP contribution in [0.5, 0.6) is 5.75 Å². The van der Waals surface area contributed by atoms with Crippen LogP contribution in [-0.2, 0) is 10.4 Å². The van der Waals surface area contributed by atoms with Gasteiger partial charge in [0.2, 0.25) is 0 Å². The molecule has 1 aliphatic rings. The van der Waals surface area contributed by atoms with Gasteiger partial charge in [-0.05, 0) is 57.7 Å². The molecule has 1 fully saturated rings. The van der Waals surface area contributed by atoms with Crippen LogP contribution in [0, 0.1) is 5.92 Å². The van der Waals surface area contributed by atoms with Crippen molar-refractivity contribution in [3.63, 3.8) is 0 Å². The van der Waals surface area contributed by atoms with Gasteiger partial charge in [-0.15, -0.1) is 0 Å². The Bertz CT molecular complexity index is 1140. The van der Waals surface area contributed by atoms with Gasteiger partial charge >= 0.3 is 0 Å². The average molecular weight is 437 g/mol. The topological polar surface area (TPSA) is 106 Å². The molecule has 2 N–H and O–H groups in total. The molecule has 0 bridgehead atoms. The van der Waals surface area contributed by atoms with E-state index in [0.717, 1.165) is 42.9 Å². The Morgan fingerprint density at radius 1 is 1.25 bits per heavy atom. The van der Waals surface area contributed by atoms with Crippen LogP contribution in [0.25, 0.3) is 10.9 Å². The predicted molar refractivity (Wildman–Crippen MR) is 121 cm³/mol.